The Morgan fingerprint density at radius 3 is 2.96 bits per heavy atom. The zero-order valence-corrected chi connectivity index (χ0v) is 16.6. The standard InChI is InChI=1S/C17H18Cl2N4O3S/c18-10-1-2-12-11(5-10)17(3-4-22(8-17)7-14(24)25)9-23(12)16(26)21-15-20-6-13(19)27-15/h2,5-6,10H,1,3-4,7-9H2,(H,24,25)(H,20,21,26). The molecule has 2 N–H and O–H groups in total. The van der Waals surface area contributed by atoms with E-state index < -0.39 is 5.97 Å². The molecule has 0 aromatic carbocycles. The Morgan fingerprint density at radius 1 is 1.44 bits per heavy atom. The summed E-state index contributed by atoms with van der Waals surface area (Å²) in [5.74, 6) is -0.844. The van der Waals surface area contributed by atoms with Gasteiger partial charge in [-0.05, 0) is 25.0 Å². The van der Waals surface area contributed by atoms with E-state index in [4.69, 9.17) is 28.3 Å². The van der Waals surface area contributed by atoms with Crippen LogP contribution in [0.15, 0.2) is 29.6 Å². The molecular weight excluding hydrogens is 411 g/mol. The number of carboxylic acid groups (broad SMARTS) is 1. The molecule has 2 unspecified atom stereocenters. The van der Waals surface area contributed by atoms with E-state index in [-0.39, 0.29) is 23.4 Å². The molecule has 1 aliphatic carbocycles. The fourth-order valence-electron chi connectivity index (χ4n) is 4.13. The van der Waals surface area contributed by atoms with Gasteiger partial charge in [0.2, 0.25) is 0 Å². The normalized spacial score (nSPS) is 27.5. The summed E-state index contributed by atoms with van der Waals surface area (Å²) >= 11 is 13.4. The lowest BCUT2D eigenvalue weighted by Crippen LogP contribution is -2.37. The quantitative estimate of drug-likeness (QED) is 0.721. The Kier molecular flexibility index (Phi) is 4.92. The number of anilines is 1. The molecule has 0 bridgehead atoms. The average molecular weight is 429 g/mol. The zero-order chi connectivity index (χ0) is 19.2. The van der Waals surface area contributed by atoms with Crippen LogP contribution in [0.5, 0.6) is 0 Å². The molecule has 0 saturated carbocycles. The Morgan fingerprint density at radius 2 is 2.26 bits per heavy atom. The number of hydrogen-bond donors (Lipinski definition) is 2. The van der Waals surface area contributed by atoms with Crippen molar-refractivity contribution >= 4 is 51.7 Å². The van der Waals surface area contributed by atoms with Crippen LogP contribution in [-0.4, -0.2) is 63.4 Å². The van der Waals surface area contributed by atoms with Gasteiger partial charge in [-0.15, -0.1) is 11.6 Å². The summed E-state index contributed by atoms with van der Waals surface area (Å²) in [5, 5.41) is 12.2. The number of carbonyl (C=O) groups is 2. The average Bonchev–Trinajstić information content (AvgIpc) is 3.27. The molecule has 2 saturated heterocycles. The molecule has 2 amide bonds. The van der Waals surface area contributed by atoms with Crippen molar-refractivity contribution < 1.29 is 14.7 Å². The summed E-state index contributed by atoms with van der Waals surface area (Å²) in [7, 11) is 0. The summed E-state index contributed by atoms with van der Waals surface area (Å²) < 4.78 is 0.505. The van der Waals surface area contributed by atoms with Crippen LogP contribution in [-0.2, 0) is 4.79 Å². The van der Waals surface area contributed by atoms with Gasteiger partial charge in [-0.25, -0.2) is 9.78 Å². The van der Waals surface area contributed by atoms with E-state index in [0.717, 1.165) is 17.7 Å². The molecule has 2 fully saturated rings. The van der Waals surface area contributed by atoms with Crippen molar-refractivity contribution in [3.05, 3.63) is 34.0 Å². The van der Waals surface area contributed by atoms with Gasteiger partial charge in [-0.1, -0.05) is 35.1 Å². The summed E-state index contributed by atoms with van der Waals surface area (Å²) in [5.41, 5.74) is 1.63. The second kappa shape index (κ2) is 7.09. The van der Waals surface area contributed by atoms with Crippen molar-refractivity contribution in [2.45, 2.75) is 18.2 Å². The second-order valence-electron chi connectivity index (χ2n) is 7.04. The lowest BCUT2D eigenvalue weighted by Gasteiger charge is -2.26. The minimum absolute atomic E-state index is 0.00217. The summed E-state index contributed by atoms with van der Waals surface area (Å²) in [6.07, 6.45) is 6.96. The van der Waals surface area contributed by atoms with Gasteiger partial charge >= 0.3 is 12.0 Å². The number of nitrogens with one attached hydrogen (secondary N) is 1. The first-order chi connectivity index (χ1) is 12.9. The monoisotopic (exact) mass is 428 g/mol. The van der Waals surface area contributed by atoms with Gasteiger partial charge in [0.25, 0.3) is 0 Å². The molecule has 0 radical (unpaired) electrons. The predicted molar refractivity (Wildman–Crippen MR) is 104 cm³/mol. The van der Waals surface area contributed by atoms with E-state index >= 15 is 0 Å². The molecule has 4 rings (SSSR count). The Balaban J connectivity index is 1.59. The van der Waals surface area contributed by atoms with Crippen molar-refractivity contribution in [3.8, 4) is 0 Å². The maximum absolute atomic E-state index is 12.9. The van der Waals surface area contributed by atoms with Crippen molar-refractivity contribution in [2.24, 2.45) is 5.41 Å². The molecule has 7 nitrogen and oxygen atoms in total. The second-order valence-corrected chi connectivity index (χ2v) is 9.26. The lowest BCUT2D eigenvalue weighted by atomic mass is 9.79. The molecule has 27 heavy (non-hydrogen) atoms. The highest BCUT2D eigenvalue weighted by atomic mass is 35.5. The van der Waals surface area contributed by atoms with E-state index in [1.807, 2.05) is 17.1 Å². The zero-order valence-electron chi connectivity index (χ0n) is 14.3. The van der Waals surface area contributed by atoms with Crippen LogP contribution in [0.25, 0.3) is 0 Å². The van der Waals surface area contributed by atoms with Gasteiger partial charge in [0, 0.05) is 24.2 Å². The number of halogens is 2. The van der Waals surface area contributed by atoms with E-state index in [0.29, 0.717) is 35.5 Å². The van der Waals surface area contributed by atoms with Crippen LogP contribution < -0.4 is 5.32 Å². The highest BCUT2D eigenvalue weighted by Crippen LogP contribution is 2.50. The number of alkyl halides is 1. The molecule has 2 atom stereocenters. The first-order valence-corrected chi connectivity index (χ1v) is 10.2. The third-order valence-electron chi connectivity index (χ3n) is 5.21. The van der Waals surface area contributed by atoms with Crippen LogP contribution in [0.1, 0.15) is 12.8 Å². The van der Waals surface area contributed by atoms with Crippen molar-refractivity contribution in [3.63, 3.8) is 0 Å². The number of urea groups is 1. The highest BCUT2D eigenvalue weighted by Gasteiger charge is 2.51. The van der Waals surface area contributed by atoms with Gasteiger partial charge < -0.3 is 5.11 Å². The summed E-state index contributed by atoms with van der Waals surface area (Å²) in [6, 6.07) is -0.264. The Bertz CT molecular complexity index is 855. The summed E-state index contributed by atoms with van der Waals surface area (Å²) in [4.78, 5) is 31.7. The topological polar surface area (TPSA) is 85.8 Å². The molecule has 2 aliphatic heterocycles. The van der Waals surface area contributed by atoms with Gasteiger partial charge in [-0.2, -0.15) is 0 Å². The van der Waals surface area contributed by atoms with Crippen molar-refractivity contribution in [2.75, 3.05) is 31.5 Å². The largest absolute Gasteiger partial charge is 0.480 e. The van der Waals surface area contributed by atoms with Crippen LogP contribution in [0, 0.1) is 5.41 Å². The molecule has 3 heterocycles. The number of nitrogens with zero attached hydrogens (tertiary/aromatic N) is 3. The number of carbonyl (C=O) groups excluding carboxylic acids is 1. The number of aliphatic carboxylic acids is 1. The summed E-state index contributed by atoms with van der Waals surface area (Å²) in [6.45, 7) is 1.78. The highest BCUT2D eigenvalue weighted by molar-refractivity contribution is 7.19. The SMILES string of the molecule is O=C(O)CN1CCC2(C1)CN(C(=O)Nc1ncc(Cl)s1)C1=CCC(Cl)C=C12. The number of rotatable bonds is 3. The van der Waals surface area contributed by atoms with Crippen molar-refractivity contribution in [1.82, 2.24) is 14.8 Å². The molecule has 1 spiro atoms. The third-order valence-corrected chi connectivity index (χ3v) is 6.55. The van der Waals surface area contributed by atoms with Crippen LogP contribution in [0.2, 0.25) is 4.34 Å². The van der Waals surface area contributed by atoms with Crippen LogP contribution in [0.3, 0.4) is 0 Å². The number of carboxylic acids is 1. The van der Waals surface area contributed by atoms with E-state index in [1.165, 1.54) is 17.5 Å². The number of amides is 2. The minimum Gasteiger partial charge on any atom is -0.480 e. The first kappa shape index (κ1) is 18.7. The van der Waals surface area contributed by atoms with Crippen molar-refractivity contribution in [1.29, 1.82) is 0 Å². The molecule has 1 aromatic heterocycles. The number of allylic oxidation sites excluding steroid dienone is 3. The molecule has 1 aromatic rings. The van der Waals surface area contributed by atoms with E-state index in [2.05, 4.69) is 10.3 Å². The number of thiazole rings is 1. The van der Waals surface area contributed by atoms with Crippen LogP contribution >= 0.6 is 34.5 Å². The third kappa shape index (κ3) is 3.59. The van der Waals surface area contributed by atoms with Gasteiger partial charge in [0.15, 0.2) is 5.13 Å². The molecule has 3 aliphatic rings. The fraction of sp³-hybridized carbons (Fsp3) is 0.471. The Labute approximate surface area is 170 Å². The van der Waals surface area contributed by atoms with E-state index in [9.17, 15) is 9.59 Å². The van der Waals surface area contributed by atoms with E-state index in [1.54, 1.807) is 4.90 Å². The Hall–Kier alpha value is -1.61. The smallest absolute Gasteiger partial charge is 0.328 e. The predicted octanol–water partition coefficient (Wildman–Crippen LogP) is 3.24. The van der Waals surface area contributed by atoms with Crippen LogP contribution in [0.4, 0.5) is 9.93 Å². The maximum atomic E-state index is 12.9. The molecule has 144 valence electrons. The first-order valence-electron chi connectivity index (χ1n) is 8.57. The number of hydrogen-bond acceptors (Lipinski definition) is 5. The van der Waals surface area contributed by atoms with Gasteiger partial charge in [-0.3, -0.25) is 19.9 Å². The maximum Gasteiger partial charge on any atom is 0.328 e. The number of aromatic nitrogens is 1. The minimum atomic E-state index is -0.844. The molecule has 10 heteroatoms. The lowest BCUT2D eigenvalue weighted by molar-refractivity contribution is -0.138. The van der Waals surface area contributed by atoms with Gasteiger partial charge in [0.1, 0.15) is 4.34 Å². The number of likely N-dealkylation sites (tertiary alicyclic amines) is 2. The molecular formula is C17H18Cl2N4O3S. The fourth-order valence-corrected chi connectivity index (χ4v) is 5.15. The number of fused-ring (bicyclic) bond motifs is 2. The van der Waals surface area contributed by atoms with Gasteiger partial charge in [0.05, 0.1) is 18.1 Å².